The Morgan fingerprint density at radius 2 is 1.94 bits per heavy atom. The number of nitrogens with one attached hydrogen (secondary N) is 1. The van der Waals surface area contributed by atoms with Crippen molar-refractivity contribution >= 4 is 17.3 Å². The third-order valence-corrected chi connectivity index (χ3v) is 2.99. The molecule has 0 aliphatic carbocycles. The van der Waals surface area contributed by atoms with Gasteiger partial charge in [-0.05, 0) is 36.2 Å². The Bertz CT molecular complexity index is 525. The van der Waals surface area contributed by atoms with E-state index in [0.29, 0.717) is 5.02 Å². The summed E-state index contributed by atoms with van der Waals surface area (Å²) in [5.41, 5.74) is 3.40. The average Bonchev–Trinajstić information content (AvgIpc) is 2.32. The zero-order valence-electron chi connectivity index (χ0n) is 9.57. The third kappa shape index (κ3) is 2.92. The van der Waals surface area contributed by atoms with Crippen molar-refractivity contribution in [3.8, 4) is 5.75 Å². The van der Waals surface area contributed by atoms with E-state index in [2.05, 4.69) is 24.4 Å². The van der Waals surface area contributed by atoms with Crippen LogP contribution in [0.25, 0.3) is 0 Å². The van der Waals surface area contributed by atoms with E-state index in [0.717, 1.165) is 12.2 Å². The summed E-state index contributed by atoms with van der Waals surface area (Å²) in [6, 6.07) is 13.3. The Kier molecular flexibility index (Phi) is 3.55. The van der Waals surface area contributed by atoms with Crippen LogP contribution in [0.4, 0.5) is 5.69 Å². The fourth-order valence-electron chi connectivity index (χ4n) is 1.62. The number of hydrogen-bond donors (Lipinski definition) is 2. The van der Waals surface area contributed by atoms with Crippen molar-refractivity contribution in [2.75, 3.05) is 5.32 Å². The Hall–Kier alpha value is -1.67. The fourth-order valence-corrected chi connectivity index (χ4v) is 1.80. The minimum atomic E-state index is 0.105. The summed E-state index contributed by atoms with van der Waals surface area (Å²) in [6.45, 7) is 2.83. The molecule has 0 heterocycles. The number of phenols is 1. The van der Waals surface area contributed by atoms with E-state index in [4.69, 9.17) is 11.6 Å². The van der Waals surface area contributed by atoms with Gasteiger partial charge in [0.1, 0.15) is 5.75 Å². The molecule has 0 aliphatic heterocycles. The second kappa shape index (κ2) is 5.11. The maximum Gasteiger partial charge on any atom is 0.134 e. The van der Waals surface area contributed by atoms with Crippen molar-refractivity contribution in [1.82, 2.24) is 0 Å². The fraction of sp³-hybridized carbons (Fsp3) is 0.143. The van der Waals surface area contributed by atoms with E-state index in [9.17, 15) is 5.11 Å². The molecule has 0 amide bonds. The largest absolute Gasteiger partial charge is 0.506 e. The first-order valence-corrected chi connectivity index (χ1v) is 5.81. The van der Waals surface area contributed by atoms with Gasteiger partial charge in [0.05, 0.1) is 5.02 Å². The number of rotatable bonds is 3. The summed E-state index contributed by atoms with van der Waals surface area (Å²) in [5.74, 6) is 0.105. The molecule has 0 bridgehead atoms. The topological polar surface area (TPSA) is 32.3 Å². The SMILES string of the molecule is Cc1ccccc1CNc1ccc(O)c(Cl)c1. The van der Waals surface area contributed by atoms with E-state index in [1.165, 1.54) is 11.1 Å². The maximum absolute atomic E-state index is 9.31. The van der Waals surface area contributed by atoms with Gasteiger partial charge in [-0.25, -0.2) is 0 Å². The molecule has 3 heteroatoms. The lowest BCUT2D eigenvalue weighted by atomic mass is 10.1. The molecule has 2 N–H and O–H groups in total. The summed E-state index contributed by atoms with van der Waals surface area (Å²) in [5, 5.41) is 12.9. The van der Waals surface area contributed by atoms with Gasteiger partial charge in [0, 0.05) is 12.2 Å². The average molecular weight is 248 g/mol. The van der Waals surface area contributed by atoms with Crippen LogP contribution >= 0.6 is 11.6 Å². The Balaban J connectivity index is 2.08. The van der Waals surface area contributed by atoms with Crippen LogP contribution in [-0.2, 0) is 6.54 Å². The van der Waals surface area contributed by atoms with Gasteiger partial charge in [0.15, 0.2) is 0 Å². The van der Waals surface area contributed by atoms with Crippen molar-refractivity contribution in [2.24, 2.45) is 0 Å². The highest BCUT2D eigenvalue weighted by atomic mass is 35.5. The molecule has 0 spiro atoms. The normalized spacial score (nSPS) is 10.2. The molecule has 0 atom stereocenters. The van der Waals surface area contributed by atoms with Crippen molar-refractivity contribution < 1.29 is 5.11 Å². The van der Waals surface area contributed by atoms with Crippen molar-refractivity contribution in [2.45, 2.75) is 13.5 Å². The summed E-state index contributed by atoms with van der Waals surface area (Å²) >= 11 is 5.84. The van der Waals surface area contributed by atoms with Gasteiger partial charge in [0.25, 0.3) is 0 Å². The van der Waals surface area contributed by atoms with E-state index in [1.807, 2.05) is 12.1 Å². The van der Waals surface area contributed by atoms with Crippen LogP contribution in [0.5, 0.6) is 5.75 Å². The number of aromatic hydroxyl groups is 1. The Labute approximate surface area is 106 Å². The highest BCUT2D eigenvalue weighted by Crippen LogP contribution is 2.26. The molecule has 88 valence electrons. The highest BCUT2D eigenvalue weighted by Gasteiger charge is 2.00. The predicted molar refractivity (Wildman–Crippen MR) is 71.6 cm³/mol. The molecule has 0 aliphatic rings. The minimum Gasteiger partial charge on any atom is -0.506 e. The van der Waals surface area contributed by atoms with Crippen LogP contribution in [0, 0.1) is 6.92 Å². The van der Waals surface area contributed by atoms with Gasteiger partial charge >= 0.3 is 0 Å². The molecule has 2 aromatic carbocycles. The third-order valence-electron chi connectivity index (χ3n) is 2.69. The van der Waals surface area contributed by atoms with Crippen molar-refractivity contribution in [3.05, 3.63) is 58.6 Å². The summed E-state index contributed by atoms with van der Waals surface area (Å²) in [7, 11) is 0. The van der Waals surface area contributed by atoms with E-state index in [1.54, 1.807) is 18.2 Å². The van der Waals surface area contributed by atoms with Crippen LogP contribution in [-0.4, -0.2) is 5.11 Å². The molecule has 0 unspecified atom stereocenters. The molecular weight excluding hydrogens is 234 g/mol. The lowest BCUT2D eigenvalue weighted by Gasteiger charge is -2.09. The van der Waals surface area contributed by atoms with E-state index in [-0.39, 0.29) is 5.75 Å². The van der Waals surface area contributed by atoms with Crippen LogP contribution < -0.4 is 5.32 Å². The second-order valence-electron chi connectivity index (χ2n) is 3.95. The Morgan fingerprint density at radius 1 is 1.18 bits per heavy atom. The number of phenolic OH excluding ortho intramolecular Hbond substituents is 1. The van der Waals surface area contributed by atoms with Crippen molar-refractivity contribution in [3.63, 3.8) is 0 Å². The molecule has 0 fully saturated rings. The molecular formula is C14H14ClNO. The van der Waals surface area contributed by atoms with Crippen molar-refractivity contribution in [1.29, 1.82) is 0 Å². The smallest absolute Gasteiger partial charge is 0.134 e. The molecule has 17 heavy (non-hydrogen) atoms. The minimum absolute atomic E-state index is 0.105. The molecule has 2 nitrogen and oxygen atoms in total. The lowest BCUT2D eigenvalue weighted by Crippen LogP contribution is -2.00. The zero-order chi connectivity index (χ0) is 12.3. The molecule has 2 aromatic rings. The monoisotopic (exact) mass is 247 g/mol. The molecule has 2 rings (SSSR count). The maximum atomic E-state index is 9.31. The first kappa shape index (κ1) is 11.8. The molecule has 0 saturated carbocycles. The van der Waals surface area contributed by atoms with Gasteiger partial charge in [-0.1, -0.05) is 35.9 Å². The number of benzene rings is 2. The summed E-state index contributed by atoms with van der Waals surface area (Å²) < 4.78 is 0. The summed E-state index contributed by atoms with van der Waals surface area (Å²) in [4.78, 5) is 0. The van der Waals surface area contributed by atoms with Gasteiger partial charge in [-0.15, -0.1) is 0 Å². The zero-order valence-corrected chi connectivity index (χ0v) is 10.3. The van der Waals surface area contributed by atoms with E-state index >= 15 is 0 Å². The van der Waals surface area contributed by atoms with Crippen LogP contribution in [0.1, 0.15) is 11.1 Å². The molecule has 0 radical (unpaired) electrons. The van der Waals surface area contributed by atoms with Crippen LogP contribution in [0.2, 0.25) is 5.02 Å². The van der Waals surface area contributed by atoms with Crippen LogP contribution in [0.3, 0.4) is 0 Å². The predicted octanol–water partition coefficient (Wildman–Crippen LogP) is 3.97. The van der Waals surface area contributed by atoms with Gasteiger partial charge < -0.3 is 10.4 Å². The Morgan fingerprint density at radius 3 is 2.65 bits per heavy atom. The summed E-state index contributed by atoms with van der Waals surface area (Å²) in [6.07, 6.45) is 0. The number of anilines is 1. The van der Waals surface area contributed by atoms with Gasteiger partial charge in [-0.2, -0.15) is 0 Å². The van der Waals surface area contributed by atoms with Gasteiger partial charge in [0.2, 0.25) is 0 Å². The first-order valence-electron chi connectivity index (χ1n) is 5.44. The van der Waals surface area contributed by atoms with E-state index < -0.39 is 0 Å². The molecule has 0 saturated heterocycles. The van der Waals surface area contributed by atoms with Crippen LogP contribution in [0.15, 0.2) is 42.5 Å². The highest BCUT2D eigenvalue weighted by molar-refractivity contribution is 6.32. The number of aryl methyl sites for hydroxylation is 1. The molecule has 0 aromatic heterocycles. The first-order chi connectivity index (χ1) is 8.16. The second-order valence-corrected chi connectivity index (χ2v) is 4.35. The quantitative estimate of drug-likeness (QED) is 0.805. The number of halogens is 1. The number of hydrogen-bond acceptors (Lipinski definition) is 2. The van der Waals surface area contributed by atoms with Gasteiger partial charge in [-0.3, -0.25) is 0 Å². The standard InChI is InChI=1S/C14H14ClNO/c1-10-4-2-3-5-11(10)9-16-12-6-7-14(17)13(15)8-12/h2-8,16-17H,9H2,1H3. The lowest BCUT2D eigenvalue weighted by molar-refractivity contribution is 0.475.